The monoisotopic (exact) mass is 388 g/mol. The van der Waals surface area contributed by atoms with E-state index in [-0.39, 0.29) is 16.0 Å². The van der Waals surface area contributed by atoms with Crippen LogP contribution >= 0.6 is 0 Å². The molecule has 0 aliphatic carbocycles. The van der Waals surface area contributed by atoms with Crippen LogP contribution in [-0.2, 0) is 18.4 Å². The zero-order chi connectivity index (χ0) is 20.1. The van der Waals surface area contributed by atoms with Gasteiger partial charge in [-0.25, -0.2) is 4.79 Å². The third-order valence-electron chi connectivity index (χ3n) is 5.46. The van der Waals surface area contributed by atoms with E-state index in [0.29, 0.717) is 19.8 Å². The minimum absolute atomic E-state index is 0.127. The van der Waals surface area contributed by atoms with Crippen LogP contribution in [0.15, 0.2) is 11.6 Å². The van der Waals surface area contributed by atoms with Crippen LogP contribution in [0, 0.1) is 0 Å². The van der Waals surface area contributed by atoms with Gasteiger partial charge in [-0.3, -0.25) is 0 Å². The number of carbonyl (C=O) groups is 1. The number of rotatable bonds is 8. The second kappa shape index (κ2) is 8.97. The molecule has 0 amide bonds. The van der Waals surface area contributed by atoms with Gasteiger partial charge in [0.25, 0.3) is 0 Å². The second-order valence-corrected chi connectivity index (χ2v) is 19.3. The number of ether oxygens (including phenoxy) is 1. The number of esters is 1. The third-order valence-corrected chi connectivity index (χ3v) is 14.4. The predicted molar refractivity (Wildman–Crippen MR) is 111 cm³/mol. The molecule has 0 aliphatic rings. The van der Waals surface area contributed by atoms with Gasteiger partial charge in [0.15, 0.2) is 16.6 Å². The van der Waals surface area contributed by atoms with Gasteiger partial charge < -0.3 is 13.6 Å². The minimum atomic E-state index is -1.89. The van der Waals surface area contributed by atoms with Gasteiger partial charge in [0.05, 0.1) is 19.8 Å². The molecule has 0 spiro atoms. The standard InChI is InChI=1S/C19H40O4Si2/c1-12-21-17(20)13-16(14-22-24(8,9)18(2,3)4)15-23-25(10,11)19(5,6)7/h13H,12,14-15H2,1-11H3. The van der Waals surface area contributed by atoms with Crippen molar-refractivity contribution < 1.29 is 18.4 Å². The lowest BCUT2D eigenvalue weighted by molar-refractivity contribution is -0.137. The average Bonchev–Trinajstić information content (AvgIpc) is 2.39. The van der Waals surface area contributed by atoms with Crippen LogP contribution in [-0.4, -0.2) is 42.4 Å². The first-order valence-corrected chi connectivity index (χ1v) is 15.0. The van der Waals surface area contributed by atoms with Gasteiger partial charge in [0.1, 0.15) is 0 Å². The fourth-order valence-electron chi connectivity index (χ4n) is 1.45. The van der Waals surface area contributed by atoms with E-state index in [1.165, 1.54) is 0 Å². The van der Waals surface area contributed by atoms with E-state index in [4.69, 9.17) is 13.6 Å². The van der Waals surface area contributed by atoms with Gasteiger partial charge in [-0.05, 0) is 48.8 Å². The van der Waals surface area contributed by atoms with E-state index in [9.17, 15) is 4.79 Å². The zero-order valence-corrected chi connectivity index (χ0v) is 20.3. The molecule has 0 radical (unpaired) electrons. The Labute approximate surface area is 157 Å². The molecule has 0 N–H and O–H groups in total. The highest BCUT2D eigenvalue weighted by atomic mass is 28.4. The SMILES string of the molecule is CCOC(=O)C=C(CO[Si](C)(C)C(C)(C)C)CO[Si](C)(C)C(C)(C)C. The van der Waals surface area contributed by atoms with Gasteiger partial charge in [0, 0.05) is 6.08 Å². The molecule has 0 atom stereocenters. The summed E-state index contributed by atoms with van der Waals surface area (Å²) < 4.78 is 17.6. The molecule has 0 fully saturated rings. The van der Waals surface area contributed by atoms with Gasteiger partial charge in [-0.15, -0.1) is 0 Å². The van der Waals surface area contributed by atoms with Crippen molar-refractivity contribution in [2.45, 2.75) is 84.7 Å². The summed E-state index contributed by atoms with van der Waals surface area (Å²) in [5.41, 5.74) is 0.855. The topological polar surface area (TPSA) is 44.8 Å². The maximum atomic E-state index is 11.9. The largest absolute Gasteiger partial charge is 0.463 e. The van der Waals surface area contributed by atoms with Crippen molar-refractivity contribution in [2.24, 2.45) is 0 Å². The van der Waals surface area contributed by atoms with E-state index in [0.717, 1.165) is 5.57 Å². The summed E-state index contributed by atoms with van der Waals surface area (Å²) in [4.78, 5) is 11.9. The smallest absolute Gasteiger partial charge is 0.330 e. The van der Waals surface area contributed by atoms with Crippen LogP contribution < -0.4 is 0 Å². The summed E-state index contributed by atoms with van der Waals surface area (Å²) in [6.07, 6.45) is 1.55. The molecular formula is C19H40O4Si2. The molecule has 0 unspecified atom stereocenters. The number of hydrogen-bond donors (Lipinski definition) is 0. The minimum Gasteiger partial charge on any atom is -0.463 e. The quantitative estimate of drug-likeness (QED) is 0.312. The summed E-state index contributed by atoms with van der Waals surface area (Å²) in [6.45, 7) is 25.1. The molecule has 0 bridgehead atoms. The van der Waals surface area contributed by atoms with E-state index >= 15 is 0 Å². The Balaban J connectivity index is 5.17. The van der Waals surface area contributed by atoms with Gasteiger partial charge in [0.2, 0.25) is 0 Å². The Morgan fingerprint density at radius 3 is 1.48 bits per heavy atom. The highest BCUT2D eigenvalue weighted by molar-refractivity contribution is 6.74. The summed E-state index contributed by atoms with van der Waals surface area (Å²) in [7, 11) is -3.77. The van der Waals surface area contributed by atoms with Gasteiger partial charge >= 0.3 is 5.97 Å². The fourth-order valence-corrected chi connectivity index (χ4v) is 3.41. The molecule has 0 heterocycles. The van der Waals surface area contributed by atoms with Crippen LogP contribution in [0.1, 0.15) is 48.5 Å². The Morgan fingerprint density at radius 1 is 0.840 bits per heavy atom. The van der Waals surface area contributed by atoms with Crippen molar-refractivity contribution in [2.75, 3.05) is 19.8 Å². The average molecular weight is 389 g/mol. The lowest BCUT2D eigenvalue weighted by Crippen LogP contribution is -2.43. The molecule has 0 rings (SSSR count). The Morgan fingerprint density at radius 2 is 1.20 bits per heavy atom. The highest BCUT2D eigenvalue weighted by Gasteiger charge is 2.39. The normalized spacial score (nSPS) is 13.6. The van der Waals surface area contributed by atoms with Crippen molar-refractivity contribution in [1.29, 1.82) is 0 Å². The lowest BCUT2D eigenvalue weighted by Gasteiger charge is -2.38. The van der Waals surface area contributed by atoms with Crippen molar-refractivity contribution in [3.8, 4) is 0 Å². The number of carbonyl (C=O) groups excluding carboxylic acids is 1. The zero-order valence-electron chi connectivity index (χ0n) is 18.3. The molecule has 0 saturated carbocycles. The summed E-state index contributed by atoms with van der Waals surface area (Å²) in [6, 6.07) is 0. The van der Waals surface area contributed by atoms with Crippen LogP contribution in [0.2, 0.25) is 36.3 Å². The van der Waals surface area contributed by atoms with Crippen molar-refractivity contribution in [1.82, 2.24) is 0 Å². The molecule has 25 heavy (non-hydrogen) atoms. The third kappa shape index (κ3) is 8.20. The summed E-state index contributed by atoms with van der Waals surface area (Å²) in [5, 5.41) is 0.255. The fraction of sp³-hybridized carbons (Fsp3) is 0.842. The van der Waals surface area contributed by atoms with Crippen LogP contribution in [0.3, 0.4) is 0 Å². The van der Waals surface area contributed by atoms with E-state index in [1.54, 1.807) is 6.08 Å². The van der Waals surface area contributed by atoms with Crippen molar-refractivity contribution in [3.05, 3.63) is 11.6 Å². The van der Waals surface area contributed by atoms with Crippen LogP contribution in [0.5, 0.6) is 0 Å². The Hall–Kier alpha value is -0.436. The van der Waals surface area contributed by atoms with Crippen molar-refractivity contribution in [3.63, 3.8) is 0 Å². The molecular weight excluding hydrogens is 348 g/mol. The first kappa shape index (κ1) is 24.6. The molecule has 0 saturated heterocycles. The molecule has 0 aromatic rings. The second-order valence-electron chi connectivity index (χ2n) is 9.65. The van der Waals surface area contributed by atoms with Gasteiger partial charge in [-0.1, -0.05) is 41.5 Å². The highest BCUT2D eigenvalue weighted by Crippen LogP contribution is 2.38. The molecule has 148 valence electrons. The summed E-state index contributed by atoms with van der Waals surface area (Å²) >= 11 is 0. The molecule has 0 aromatic heterocycles. The first-order valence-electron chi connectivity index (χ1n) is 9.17. The van der Waals surface area contributed by atoms with E-state index in [2.05, 4.69) is 67.7 Å². The maximum Gasteiger partial charge on any atom is 0.330 e. The van der Waals surface area contributed by atoms with Gasteiger partial charge in [-0.2, -0.15) is 0 Å². The first-order chi connectivity index (χ1) is 11.0. The van der Waals surface area contributed by atoms with E-state index in [1.807, 2.05) is 6.92 Å². The predicted octanol–water partition coefficient (Wildman–Crippen LogP) is 5.52. The number of hydrogen-bond acceptors (Lipinski definition) is 4. The van der Waals surface area contributed by atoms with Crippen LogP contribution in [0.25, 0.3) is 0 Å². The molecule has 0 aromatic carbocycles. The molecule has 6 heteroatoms. The maximum absolute atomic E-state index is 11.9. The van der Waals surface area contributed by atoms with Crippen LogP contribution in [0.4, 0.5) is 0 Å². The summed E-state index contributed by atoms with van der Waals surface area (Å²) in [5.74, 6) is -0.324. The molecule has 4 nitrogen and oxygen atoms in total. The van der Waals surface area contributed by atoms with E-state index < -0.39 is 16.6 Å². The lowest BCUT2D eigenvalue weighted by atomic mass is 10.2. The Kier molecular flexibility index (Phi) is 8.82. The molecule has 0 aliphatic heterocycles. The Bertz CT molecular complexity index is 437. The van der Waals surface area contributed by atoms with Crippen molar-refractivity contribution >= 4 is 22.6 Å².